The number of amides is 2. The Labute approximate surface area is 234 Å². The lowest BCUT2D eigenvalue weighted by Crippen LogP contribution is -2.75. The van der Waals surface area contributed by atoms with Crippen molar-refractivity contribution in [2.45, 2.75) is 37.4 Å². The van der Waals surface area contributed by atoms with E-state index >= 15 is 0 Å². The monoisotopic (exact) mass is 566 g/mol. The van der Waals surface area contributed by atoms with Gasteiger partial charge < -0.3 is 19.3 Å². The van der Waals surface area contributed by atoms with E-state index in [1.54, 1.807) is 6.92 Å². The van der Waals surface area contributed by atoms with Crippen LogP contribution >= 0.6 is 10.7 Å². The van der Waals surface area contributed by atoms with Gasteiger partial charge in [0.1, 0.15) is 11.5 Å². The van der Waals surface area contributed by atoms with Crippen molar-refractivity contribution in [2.24, 2.45) is 0 Å². The van der Waals surface area contributed by atoms with Crippen LogP contribution in [0.1, 0.15) is 31.1 Å². The lowest BCUT2D eigenvalue weighted by atomic mass is 9.98. The molecule has 0 radical (unpaired) electrons. The molecule has 2 amide bonds. The molecule has 1 N–H and O–H groups in total. The highest BCUT2D eigenvalue weighted by molar-refractivity contribution is 8.14. The molecule has 4 unspecified atom stereocenters. The fraction of sp³-hybridized carbons (Fsp3) is 0.207. The smallest absolute Gasteiger partial charge is 0.334 e. The summed E-state index contributed by atoms with van der Waals surface area (Å²) in [6, 6.07) is 23.9. The predicted octanol–water partition coefficient (Wildman–Crippen LogP) is 4.63. The number of ether oxygens (including phenoxy) is 2. The van der Waals surface area contributed by atoms with E-state index in [-0.39, 0.29) is 0 Å². The Morgan fingerprint density at radius 2 is 1.51 bits per heavy atom. The van der Waals surface area contributed by atoms with Crippen LogP contribution in [0.25, 0.3) is 0 Å². The Kier molecular flexibility index (Phi) is 8.96. The van der Waals surface area contributed by atoms with Crippen molar-refractivity contribution in [3.63, 3.8) is 0 Å². The molecule has 0 aromatic heterocycles. The lowest BCUT2D eigenvalue weighted by Gasteiger charge is -2.47. The van der Waals surface area contributed by atoms with Crippen LogP contribution in [-0.2, 0) is 29.5 Å². The van der Waals surface area contributed by atoms with E-state index in [2.05, 4.69) is 11.9 Å². The Hall–Kier alpha value is -3.79. The zero-order valence-corrected chi connectivity index (χ0v) is 22.9. The minimum Gasteiger partial charge on any atom is -0.597 e. The molecule has 3 aliphatic rings. The molecule has 3 aliphatic heterocycles. The van der Waals surface area contributed by atoms with Crippen molar-refractivity contribution < 1.29 is 28.4 Å². The molecule has 4 atom stereocenters. The summed E-state index contributed by atoms with van der Waals surface area (Å²) in [5.41, 5.74) is 1.81. The number of nitrogens with one attached hydrogen (secondary N) is 1. The van der Waals surface area contributed by atoms with E-state index in [1.165, 1.54) is 6.92 Å². The van der Waals surface area contributed by atoms with Crippen LogP contribution < -0.4 is 10.1 Å². The van der Waals surface area contributed by atoms with Crippen LogP contribution in [0.2, 0.25) is 0 Å². The molecule has 1 saturated heterocycles. The highest BCUT2D eigenvalue weighted by atomic mass is 35.7. The number of hydrogen-bond acceptors (Lipinski definition) is 6. The van der Waals surface area contributed by atoms with Gasteiger partial charge in [-0.1, -0.05) is 73.3 Å². The normalized spacial score (nSPS) is 18.3. The van der Waals surface area contributed by atoms with Gasteiger partial charge in [-0.15, -0.1) is 0 Å². The van der Waals surface area contributed by atoms with Crippen LogP contribution in [-0.4, -0.2) is 44.7 Å². The van der Waals surface area contributed by atoms with Gasteiger partial charge in [0.25, 0.3) is 5.91 Å². The number of halogens is 1. The largest absolute Gasteiger partial charge is 0.597 e. The summed E-state index contributed by atoms with van der Waals surface area (Å²) in [6.45, 7) is 6.63. The van der Waals surface area contributed by atoms with E-state index < -0.39 is 51.7 Å². The number of hydrogen-bond donors (Lipinski definition) is 1. The van der Waals surface area contributed by atoms with Gasteiger partial charge in [0, 0.05) is 13.0 Å². The van der Waals surface area contributed by atoms with E-state index in [0.717, 1.165) is 27.5 Å². The van der Waals surface area contributed by atoms with Gasteiger partial charge in [0.2, 0.25) is 11.3 Å². The molecule has 0 spiro atoms. The molecule has 3 heterocycles. The topological polar surface area (TPSA) is 108 Å². The zero-order chi connectivity index (χ0) is 28.1. The van der Waals surface area contributed by atoms with Crippen molar-refractivity contribution in [3.8, 4) is 11.5 Å². The quantitative estimate of drug-likeness (QED) is 0.144. The molecule has 39 heavy (non-hydrogen) atoms. The molecule has 2 bridgehead atoms. The van der Waals surface area contributed by atoms with Gasteiger partial charge in [-0.05, 0) is 35.8 Å². The number of carbonyl (C=O) groups excluding carboxylic acids is 3. The SMILES string of the molecule is C=C(C)C(C(=O)OC(c1ccccc1)c1ccccc1)N1C(=O)C(NC(C)=O)C1[S+]([O-])Cl.c1cc2cc(c1)O2. The zero-order valence-electron chi connectivity index (χ0n) is 21.3. The minimum atomic E-state index is -2.05. The third-order valence-electron chi connectivity index (χ3n) is 6.08. The number of esters is 1. The van der Waals surface area contributed by atoms with Gasteiger partial charge in [-0.3, -0.25) is 14.5 Å². The Morgan fingerprint density at radius 1 is 1.00 bits per heavy atom. The summed E-state index contributed by atoms with van der Waals surface area (Å²) >= 11 is 0. The van der Waals surface area contributed by atoms with E-state index in [1.807, 2.05) is 84.9 Å². The summed E-state index contributed by atoms with van der Waals surface area (Å²) < 4.78 is 23.0. The van der Waals surface area contributed by atoms with Crippen LogP contribution in [0, 0.1) is 0 Å². The maximum Gasteiger partial charge on any atom is 0.334 e. The van der Waals surface area contributed by atoms with Crippen molar-refractivity contribution in [1.82, 2.24) is 10.2 Å². The van der Waals surface area contributed by atoms with Crippen LogP contribution in [0.15, 0.2) is 97.1 Å². The molecule has 10 heteroatoms. The Bertz CT molecular complexity index is 1290. The number of carbonyl (C=O) groups is 3. The first-order valence-corrected chi connectivity index (χ1v) is 14.1. The molecular weight excluding hydrogens is 540 g/mol. The minimum absolute atomic E-state index is 0.316. The van der Waals surface area contributed by atoms with Gasteiger partial charge in [0.15, 0.2) is 28.9 Å². The summed E-state index contributed by atoms with van der Waals surface area (Å²) in [4.78, 5) is 38.6. The third-order valence-corrected chi connectivity index (χ3v) is 7.50. The predicted molar refractivity (Wildman–Crippen MR) is 148 cm³/mol. The summed E-state index contributed by atoms with van der Waals surface area (Å²) in [5.74, 6) is 0.171. The highest BCUT2D eigenvalue weighted by Gasteiger charge is 2.60. The van der Waals surface area contributed by atoms with Gasteiger partial charge in [-0.2, -0.15) is 0 Å². The van der Waals surface area contributed by atoms with Crippen molar-refractivity contribution in [2.75, 3.05) is 0 Å². The van der Waals surface area contributed by atoms with E-state index in [0.29, 0.717) is 5.57 Å². The first kappa shape index (κ1) is 28.2. The molecule has 1 fully saturated rings. The number of benzene rings is 3. The second-order valence-corrected chi connectivity index (χ2v) is 10.9. The second-order valence-electron chi connectivity index (χ2n) is 9.03. The number of fused-ring (bicyclic) bond motifs is 2. The van der Waals surface area contributed by atoms with Gasteiger partial charge in [-0.25, -0.2) is 4.79 Å². The van der Waals surface area contributed by atoms with Gasteiger partial charge >= 0.3 is 5.97 Å². The molecule has 0 saturated carbocycles. The standard InChI is InChI=1S/C23H23ClN2O5S.C6H4O/c1-14(2)19(26-21(28)18(25-15(3)27)22(26)32(24)30)23(29)31-20(16-10-6-4-7-11-16)17-12-8-5-9-13-17;1-2-5-4-6(3-1)7-5/h4-13,18-20,22H,1H2,2-3H3,(H,25,27);1-4H. The number of β-lactam (4-membered cyclic amide) rings is 1. The maximum absolute atomic E-state index is 13.3. The second kappa shape index (κ2) is 12.4. The van der Waals surface area contributed by atoms with Crippen molar-refractivity contribution >= 4 is 38.9 Å². The first-order chi connectivity index (χ1) is 18.7. The molecule has 3 aromatic rings. The fourth-order valence-electron chi connectivity index (χ4n) is 4.31. The third kappa shape index (κ3) is 6.44. The molecule has 3 aromatic carbocycles. The molecular formula is C29H27ClN2O6S. The highest BCUT2D eigenvalue weighted by Crippen LogP contribution is 2.35. The fourth-order valence-corrected chi connectivity index (χ4v) is 5.67. The number of rotatable bonds is 8. The van der Waals surface area contributed by atoms with Crippen LogP contribution in [0.5, 0.6) is 11.5 Å². The summed E-state index contributed by atoms with van der Waals surface area (Å²) in [5, 5.41) is 1.34. The van der Waals surface area contributed by atoms with E-state index in [4.69, 9.17) is 20.2 Å². The number of nitrogens with zero attached hydrogens (tertiary/aromatic N) is 1. The van der Waals surface area contributed by atoms with Crippen LogP contribution in [0.3, 0.4) is 0 Å². The van der Waals surface area contributed by atoms with Crippen molar-refractivity contribution in [3.05, 3.63) is 108 Å². The lowest BCUT2D eigenvalue weighted by molar-refractivity contribution is -0.165. The molecule has 202 valence electrons. The molecule has 8 nitrogen and oxygen atoms in total. The van der Waals surface area contributed by atoms with E-state index in [9.17, 15) is 18.9 Å². The maximum atomic E-state index is 13.3. The van der Waals surface area contributed by atoms with Gasteiger partial charge in [0.05, 0.1) is 10.4 Å². The first-order valence-electron chi connectivity index (χ1n) is 12.1. The van der Waals surface area contributed by atoms with Crippen molar-refractivity contribution in [1.29, 1.82) is 0 Å². The summed E-state index contributed by atoms with van der Waals surface area (Å²) in [6.07, 6.45) is -0.728. The number of likely N-dealkylation sites (tertiary alicyclic amines) is 1. The Balaban J connectivity index is 0.000000429. The average molecular weight is 567 g/mol. The Morgan fingerprint density at radius 3 is 1.87 bits per heavy atom. The average Bonchev–Trinajstić information content (AvgIpc) is 2.91. The molecule has 6 rings (SSSR count). The molecule has 0 aliphatic carbocycles. The summed E-state index contributed by atoms with van der Waals surface area (Å²) in [7, 11) is 3.77. The van der Waals surface area contributed by atoms with Crippen LogP contribution in [0.4, 0.5) is 0 Å².